The number of hydrogen-bond acceptors (Lipinski definition) is 2. The topological polar surface area (TPSA) is 30.2 Å². The molecule has 0 aromatic carbocycles. The van der Waals surface area contributed by atoms with E-state index in [9.17, 15) is 0 Å². The van der Waals surface area contributed by atoms with Crippen LogP contribution in [0.3, 0.4) is 0 Å². The summed E-state index contributed by atoms with van der Waals surface area (Å²) in [5, 5.41) is 0. The highest BCUT2D eigenvalue weighted by atomic mass is 15.0. The maximum Gasteiger partial charge on any atom is 0.137 e. The Morgan fingerprint density at radius 2 is 2.12 bits per heavy atom. The van der Waals surface area contributed by atoms with E-state index in [1.807, 2.05) is 30.6 Å². The van der Waals surface area contributed by atoms with Gasteiger partial charge in [-0.25, -0.2) is 4.98 Å². The predicted molar refractivity (Wildman–Crippen MR) is 67.8 cm³/mol. The van der Waals surface area contributed by atoms with Crippen molar-refractivity contribution in [2.45, 2.75) is 13.3 Å². The minimum Gasteiger partial charge on any atom is -0.304 e. The second kappa shape index (κ2) is 4.01. The summed E-state index contributed by atoms with van der Waals surface area (Å²) in [7, 11) is 0. The Kier molecular flexibility index (Phi) is 2.37. The Balaban J connectivity index is 2.15. The molecule has 0 radical (unpaired) electrons. The SMILES string of the molecule is CCc1cnc2cc(-c3ccccn3)ccn12. The van der Waals surface area contributed by atoms with Crippen LogP contribution in [0.1, 0.15) is 12.6 Å². The molecule has 0 bridgehead atoms. The van der Waals surface area contributed by atoms with Gasteiger partial charge in [0, 0.05) is 29.8 Å². The van der Waals surface area contributed by atoms with Crippen LogP contribution in [0.25, 0.3) is 16.9 Å². The first-order valence-corrected chi connectivity index (χ1v) is 5.76. The van der Waals surface area contributed by atoms with Gasteiger partial charge in [-0.1, -0.05) is 13.0 Å². The highest BCUT2D eigenvalue weighted by Crippen LogP contribution is 2.18. The van der Waals surface area contributed by atoms with E-state index in [1.165, 1.54) is 5.69 Å². The molecule has 0 saturated carbocycles. The van der Waals surface area contributed by atoms with Crippen molar-refractivity contribution in [1.29, 1.82) is 0 Å². The number of fused-ring (bicyclic) bond motifs is 1. The van der Waals surface area contributed by atoms with Crippen molar-refractivity contribution in [3.05, 3.63) is 54.6 Å². The third-order valence-electron chi connectivity index (χ3n) is 2.91. The van der Waals surface area contributed by atoms with Crippen LogP contribution >= 0.6 is 0 Å². The zero-order valence-corrected chi connectivity index (χ0v) is 9.67. The lowest BCUT2D eigenvalue weighted by molar-refractivity contribution is 0.995. The van der Waals surface area contributed by atoms with E-state index in [0.29, 0.717) is 0 Å². The van der Waals surface area contributed by atoms with Crippen molar-refractivity contribution in [2.24, 2.45) is 0 Å². The molecule has 0 atom stereocenters. The molecular weight excluding hydrogens is 210 g/mol. The van der Waals surface area contributed by atoms with Gasteiger partial charge in [-0.3, -0.25) is 4.98 Å². The van der Waals surface area contributed by atoms with Crippen LogP contribution in [0.2, 0.25) is 0 Å². The molecule has 3 aromatic rings. The summed E-state index contributed by atoms with van der Waals surface area (Å²) in [5.74, 6) is 0. The zero-order chi connectivity index (χ0) is 11.7. The number of imidazole rings is 1. The van der Waals surface area contributed by atoms with Crippen LogP contribution in [-0.4, -0.2) is 14.4 Å². The molecule has 3 nitrogen and oxygen atoms in total. The summed E-state index contributed by atoms with van der Waals surface area (Å²) in [6.45, 7) is 2.14. The van der Waals surface area contributed by atoms with E-state index in [0.717, 1.165) is 23.3 Å². The lowest BCUT2D eigenvalue weighted by Gasteiger charge is -2.02. The molecular formula is C14H13N3. The first kappa shape index (κ1) is 10.0. The molecule has 17 heavy (non-hydrogen) atoms. The van der Waals surface area contributed by atoms with Crippen LogP contribution < -0.4 is 0 Å². The molecule has 0 fully saturated rings. The summed E-state index contributed by atoms with van der Waals surface area (Å²) < 4.78 is 2.12. The third kappa shape index (κ3) is 1.69. The molecule has 0 spiro atoms. The number of rotatable bonds is 2. The maximum atomic E-state index is 4.41. The average molecular weight is 223 g/mol. The fourth-order valence-corrected chi connectivity index (χ4v) is 1.99. The first-order valence-electron chi connectivity index (χ1n) is 5.76. The molecule has 0 unspecified atom stereocenters. The lowest BCUT2D eigenvalue weighted by atomic mass is 10.2. The molecule has 84 valence electrons. The largest absolute Gasteiger partial charge is 0.304 e. The van der Waals surface area contributed by atoms with E-state index in [4.69, 9.17) is 0 Å². The maximum absolute atomic E-state index is 4.41. The van der Waals surface area contributed by atoms with Gasteiger partial charge in [0.15, 0.2) is 0 Å². The highest BCUT2D eigenvalue weighted by Gasteiger charge is 2.04. The molecule has 3 rings (SSSR count). The molecule has 0 aliphatic heterocycles. The van der Waals surface area contributed by atoms with Gasteiger partial charge in [-0.05, 0) is 30.7 Å². The second-order valence-corrected chi connectivity index (χ2v) is 3.96. The van der Waals surface area contributed by atoms with Crippen molar-refractivity contribution in [1.82, 2.24) is 14.4 Å². The van der Waals surface area contributed by atoms with Crippen LogP contribution in [0.5, 0.6) is 0 Å². The number of hydrogen-bond donors (Lipinski definition) is 0. The predicted octanol–water partition coefficient (Wildman–Crippen LogP) is 2.96. The second-order valence-electron chi connectivity index (χ2n) is 3.96. The van der Waals surface area contributed by atoms with Crippen molar-refractivity contribution < 1.29 is 0 Å². The van der Waals surface area contributed by atoms with Gasteiger partial charge in [-0.2, -0.15) is 0 Å². The van der Waals surface area contributed by atoms with Gasteiger partial charge in [0.2, 0.25) is 0 Å². The summed E-state index contributed by atoms with van der Waals surface area (Å²) in [6, 6.07) is 10.1. The zero-order valence-electron chi connectivity index (χ0n) is 9.67. The molecule has 3 aromatic heterocycles. The number of aryl methyl sites for hydroxylation is 1. The Labute approximate surface area is 99.8 Å². The summed E-state index contributed by atoms with van der Waals surface area (Å²) >= 11 is 0. The first-order chi connectivity index (χ1) is 8.38. The minimum absolute atomic E-state index is 0.977. The van der Waals surface area contributed by atoms with Crippen LogP contribution in [-0.2, 0) is 6.42 Å². The van der Waals surface area contributed by atoms with E-state index in [1.54, 1.807) is 0 Å². The van der Waals surface area contributed by atoms with Crippen LogP contribution in [0.4, 0.5) is 0 Å². The number of pyridine rings is 2. The lowest BCUT2D eigenvalue weighted by Crippen LogP contribution is -1.91. The van der Waals surface area contributed by atoms with E-state index in [2.05, 4.69) is 39.6 Å². The van der Waals surface area contributed by atoms with Crippen molar-refractivity contribution in [3.8, 4) is 11.3 Å². The fraction of sp³-hybridized carbons (Fsp3) is 0.143. The number of nitrogens with zero attached hydrogens (tertiary/aromatic N) is 3. The number of aromatic nitrogens is 3. The van der Waals surface area contributed by atoms with E-state index >= 15 is 0 Å². The average Bonchev–Trinajstić information content (AvgIpc) is 2.81. The summed E-state index contributed by atoms with van der Waals surface area (Å²) in [4.78, 5) is 8.76. The molecule has 3 heteroatoms. The van der Waals surface area contributed by atoms with E-state index in [-0.39, 0.29) is 0 Å². The molecule has 0 aliphatic rings. The molecule has 0 N–H and O–H groups in total. The van der Waals surface area contributed by atoms with Crippen molar-refractivity contribution in [2.75, 3.05) is 0 Å². The van der Waals surface area contributed by atoms with Gasteiger partial charge in [0.05, 0.1) is 5.69 Å². The Hall–Kier alpha value is -2.16. The molecule has 0 aliphatic carbocycles. The monoisotopic (exact) mass is 223 g/mol. The van der Waals surface area contributed by atoms with E-state index < -0.39 is 0 Å². The smallest absolute Gasteiger partial charge is 0.137 e. The van der Waals surface area contributed by atoms with Crippen LogP contribution in [0, 0.1) is 0 Å². The standard InChI is InChI=1S/C14H13N3/c1-2-12-10-16-14-9-11(6-8-17(12)14)13-5-3-4-7-15-13/h3-10H,2H2,1H3. The normalized spacial score (nSPS) is 10.9. The Bertz CT molecular complexity index is 641. The van der Waals surface area contributed by atoms with Gasteiger partial charge < -0.3 is 4.40 Å². The Morgan fingerprint density at radius 3 is 2.88 bits per heavy atom. The fourth-order valence-electron chi connectivity index (χ4n) is 1.99. The quantitative estimate of drug-likeness (QED) is 0.668. The van der Waals surface area contributed by atoms with Crippen molar-refractivity contribution in [3.63, 3.8) is 0 Å². The van der Waals surface area contributed by atoms with Gasteiger partial charge in [-0.15, -0.1) is 0 Å². The Morgan fingerprint density at radius 1 is 1.18 bits per heavy atom. The molecule has 0 amide bonds. The van der Waals surface area contributed by atoms with Gasteiger partial charge >= 0.3 is 0 Å². The van der Waals surface area contributed by atoms with Crippen molar-refractivity contribution >= 4 is 5.65 Å². The highest BCUT2D eigenvalue weighted by molar-refractivity contribution is 5.64. The summed E-state index contributed by atoms with van der Waals surface area (Å²) in [5.41, 5.74) is 4.29. The third-order valence-corrected chi connectivity index (χ3v) is 2.91. The van der Waals surface area contributed by atoms with Gasteiger partial charge in [0.25, 0.3) is 0 Å². The van der Waals surface area contributed by atoms with Gasteiger partial charge in [0.1, 0.15) is 5.65 Å². The minimum atomic E-state index is 0.977. The van der Waals surface area contributed by atoms with Crippen LogP contribution in [0.15, 0.2) is 48.9 Å². The molecule has 3 heterocycles. The molecule has 0 saturated heterocycles. The summed E-state index contributed by atoms with van der Waals surface area (Å²) in [6.07, 6.45) is 6.79.